The maximum Gasteiger partial charge on any atom is 0.122 e. The number of aryl methyl sites for hydroxylation is 1. The summed E-state index contributed by atoms with van der Waals surface area (Å²) in [4.78, 5) is 4.59. The summed E-state index contributed by atoms with van der Waals surface area (Å²) in [6.07, 6.45) is 6.19. The van der Waals surface area contributed by atoms with Crippen LogP contribution >= 0.6 is 0 Å². The number of fused-ring (bicyclic) bond motifs is 1. The molecule has 3 rings (SSSR count). The lowest BCUT2D eigenvalue weighted by Crippen LogP contribution is -1.97. The second-order valence-electron chi connectivity index (χ2n) is 5.91. The lowest BCUT2D eigenvalue weighted by molar-refractivity contribution is 0.408. The minimum Gasteiger partial charge on any atom is -0.496 e. The first-order chi connectivity index (χ1) is 11.3. The highest BCUT2D eigenvalue weighted by Crippen LogP contribution is 2.25. The number of hydrogen-bond acceptors (Lipinski definition) is 2. The number of methoxy groups -OCH3 is 1. The van der Waals surface area contributed by atoms with Gasteiger partial charge in [0.15, 0.2) is 0 Å². The Bertz CT molecular complexity index is 789. The van der Waals surface area contributed by atoms with E-state index < -0.39 is 0 Å². The van der Waals surface area contributed by atoms with Gasteiger partial charge in [0, 0.05) is 18.0 Å². The second-order valence-corrected chi connectivity index (χ2v) is 5.91. The number of nitrogens with zero attached hydrogens (tertiary/aromatic N) is 1. The SMILES string of the molecule is CCCCc1ccc(Cc2nccc3ccccc23)cc1OC. The number of aromatic nitrogens is 1. The summed E-state index contributed by atoms with van der Waals surface area (Å²) in [5, 5.41) is 2.47. The Morgan fingerprint density at radius 2 is 1.91 bits per heavy atom. The molecule has 1 heterocycles. The van der Waals surface area contributed by atoms with E-state index in [1.165, 1.54) is 34.7 Å². The molecule has 0 spiro atoms. The zero-order chi connectivity index (χ0) is 16.1. The maximum absolute atomic E-state index is 5.59. The third-order valence-electron chi connectivity index (χ3n) is 4.28. The van der Waals surface area contributed by atoms with Crippen LogP contribution in [0.1, 0.15) is 36.6 Å². The molecular formula is C21H23NO. The van der Waals surface area contributed by atoms with Crippen LogP contribution in [-0.4, -0.2) is 12.1 Å². The first-order valence-corrected chi connectivity index (χ1v) is 8.30. The zero-order valence-electron chi connectivity index (χ0n) is 13.9. The Labute approximate surface area is 138 Å². The minimum absolute atomic E-state index is 0.825. The van der Waals surface area contributed by atoms with E-state index in [-0.39, 0.29) is 0 Å². The van der Waals surface area contributed by atoms with E-state index >= 15 is 0 Å². The van der Waals surface area contributed by atoms with Crippen molar-refractivity contribution >= 4 is 10.8 Å². The highest BCUT2D eigenvalue weighted by atomic mass is 16.5. The molecule has 2 aromatic carbocycles. The van der Waals surface area contributed by atoms with Crippen LogP contribution < -0.4 is 4.74 Å². The fourth-order valence-electron chi connectivity index (χ4n) is 2.99. The van der Waals surface area contributed by atoms with Crippen molar-refractivity contribution in [2.75, 3.05) is 7.11 Å². The van der Waals surface area contributed by atoms with Gasteiger partial charge in [0.1, 0.15) is 5.75 Å². The molecule has 0 aliphatic heterocycles. The van der Waals surface area contributed by atoms with Crippen molar-refractivity contribution in [1.29, 1.82) is 0 Å². The molecule has 0 radical (unpaired) electrons. The van der Waals surface area contributed by atoms with Crippen molar-refractivity contribution in [3.8, 4) is 5.75 Å². The molecule has 0 aliphatic rings. The van der Waals surface area contributed by atoms with Gasteiger partial charge in [-0.3, -0.25) is 4.98 Å². The van der Waals surface area contributed by atoms with Gasteiger partial charge < -0.3 is 4.74 Å². The van der Waals surface area contributed by atoms with Crippen LogP contribution in [0.3, 0.4) is 0 Å². The first kappa shape index (κ1) is 15.5. The highest BCUT2D eigenvalue weighted by molar-refractivity contribution is 5.84. The van der Waals surface area contributed by atoms with E-state index in [1.54, 1.807) is 7.11 Å². The molecule has 0 atom stereocenters. The van der Waals surface area contributed by atoms with Crippen LogP contribution in [0.5, 0.6) is 5.75 Å². The van der Waals surface area contributed by atoms with Gasteiger partial charge in [-0.1, -0.05) is 49.7 Å². The third-order valence-corrected chi connectivity index (χ3v) is 4.28. The molecule has 2 heteroatoms. The number of pyridine rings is 1. The van der Waals surface area contributed by atoms with Gasteiger partial charge in [-0.25, -0.2) is 0 Å². The van der Waals surface area contributed by atoms with E-state index in [2.05, 4.69) is 60.4 Å². The Kier molecular flexibility index (Phi) is 4.92. The molecule has 0 aliphatic carbocycles. The van der Waals surface area contributed by atoms with Crippen molar-refractivity contribution in [1.82, 2.24) is 4.98 Å². The van der Waals surface area contributed by atoms with Crippen LogP contribution in [0.25, 0.3) is 10.8 Å². The van der Waals surface area contributed by atoms with E-state index in [1.807, 2.05) is 6.20 Å². The normalized spacial score (nSPS) is 10.9. The molecule has 0 fully saturated rings. The lowest BCUT2D eigenvalue weighted by Gasteiger charge is -2.11. The number of rotatable bonds is 6. The van der Waals surface area contributed by atoms with Gasteiger partial charge in [-0.15, -0.1) is 0 Å². The van der Waals surface area contributed by atoms with Crippen molar-refractivity contribution < 1.29 is 4.74 Å². The quantitative estimate of drug-likeness (QED) is 0.626. The Balaban J connectivity index is 1.90. The summed E-state index contributed by atoms with van der Waals surface area (Å²) in [6.45, 7) is 2.22. The molecule has 1 aromatic heterocycles. The first-order valence-electron chi connectivity index (χ1n) is 8.30. The van der Waals surface area contributed by atoms with E-state index in [4.69, 9.17) is 4.74 Å². The molecule has 0 N–H and O–H groups in total. The summed E-state index contributed by atoms with van der Waals surface area (Å²) in [5.41, 5.74) is 3.65. The topological polar surface area (TPSA) is 22.1 Å². The van der Waals surface area contributed by atoms with Crippen molar-refractivity contribution in [3.63, 3.8) is 0 Å². The van der Waals surface area contributed by atoms with Gasteiger partial charge in [0.25, 0.3) is 0 Å². The van der Waals surface area contributed by atoms with E-state index in [9.17, 15) is 0 Å². The number of hydrogen-bond donors (Lipinski definition) is 0. The number of ether oxygens (including phenoxy) is 1. The predicted octanol–water partition coefficient (Wildman–Crippen LogP) is 5.18. The second kappa shape index (κ2) is 7.28. The van der Waals surface area contributed by atoms with E-state index in [0.717, 1.165) is 24.3 Å². The summed E-state index contributed by atoms with van der Waals surface area (Å²) < 4.78 is 5.59. The standard InChI is InChI=1S/C21H23NO/c1-3-4-7-18-11-10-16(15-21(18)23-2)14-20-19-9-6-5-8-17(19)12-13-22-20/h5-6,8-13,15H,3-4,7,14H2,1-2H3. The number of unbranched alkanes of at least 4 members (excludes halogenated alkanes) is 1. The average Bonchev–Trinajstić information content (AvgIpc) is 2.61. The lowest BCUT2D eigenvalue weighted by atomic mass is 10.0. The van der Waals surface area contributed by atoms with Crippen LogP contribution in [0.15, 0.2) is 54.7 Å². The highest BCUT2D eigenvalue weighted by Gasteiger charge is 2.07. The molecule has 0 unspecified atom stereocenters. The van der Waals surface area contributed by atoms with Gasteiger partial charge in [-0.2, -0.15) is 0 Å². The molecule has 0 amide bonds. The largest absolute Gasteiger partial charge is 0.496 e. The Hall–Kier alpha value is -2.35. The van der Waals surface area contributed by atoms with Gasteiger partial charge in [0.05, 0.1) is 12.8 Å². The zero-order valence-corrected chi connectivity index (χ0v) is 13.9. The Morgan fingerprint density at radius 1 is 1.04 bits per heavy atom. The minimum atomic E-state index is 0.825. The molecule has 0 saturated heterocycles. The molecule has 3 aromatic rings. The van der Waals surface area contributed by atoms with Crippen molar-refractivity contribution in [2.24, 2.45) is 0 Å². The third kappa shape index (κ3) is 3.53. The maximum atomic E-state index is 5.59. The molecule has 0 bridgehead atoms. The van der Waals surface area contributed by atoms with Crippen LogP contribution in [0.4, 0.5) is 0 Å². The molecule has 118 valence electrons. The van der Waals surface area contributed by atoms with Gasteiger partial charge in [-0.05, 0) is 41.5 Å². The number of benzene rings is 2. The molecule has 2 nitrogen and oxygen atoms in total. The molecule has 23 heavy (non-hydrogen) atoms. The van der Waals surface area contributed by atoms with Crippen molar-refractivity contribution in [2.45, 2.75) is 32.6 Å². The van der Waals surface area contributed by atoms with Crippen molar-refractivity contribution in [3.05, 3.63) is 71.5 Å². The monoisotopic (exact) mass is 305 g/mol. The van der Waals surface area contributed by atoms with Crippen LogP contribution in [-0.2, 0) is 12.8 Å². The van der Waals surface area contributed by atoms with Crippen LogP contribution in [0.2, 0.25) is 0 Å². The summed E-state index contributed by atoms with van der Waals surface area (Å²) in [5.74, 6) is 0.996. The summed E-state index contributed by atoms with van der Waals surface area (Å²) in [6, 6.07) is 17.0. The summed E-state index contributed by atoms with van der Waals surface area (Å²) in [7, 11) is 1.75. The van der Waals surface area contributed by atoms with E-state index in [0.29, 0.717) is 0 Å². The Morgan fingerprint density at radius 3 is 2.74 bits per heavy atom. The smallest absolute Gasteiger partial charge is 0.122 e. The fourth-order valence-corrected chi connectivity index (χ4v) is 2.99. The van der Waals surface area contributed by atoms with Crippen LogP contribution in [0, 0.1) is 0 Å². The predicted molar refractivity (Wildman–Crippen MR) is 96.2 cm³/mol. The summed E-state index contributed by atoms with van der Waals surface area (Å²) >= 11 is 0. The van der Waals surface area contributed by atoms with Gasteiger partial charge >= 0.3 is 0 Å². The molecule has 0 saturated carbocycles. The average molecular weight is 305 g/mol. The van der Waals surface area contributed by atoms with Gasteiger partial charge in [0.2, 0.25) is 0 Å². The fraction of sp³-hybridized carbons (Fsp3) is 0.286. The molecular weight excluding hydrogens is 282 g/mol.